The Bertz CT molecular complexity index is 849. The van der Waals surface area contributed by atoms with Gasteiger partial charge in [-0.2, -0.15) is 0 Å². The van der Waals surface area contributed by atoms with Gasteiger partial charge >= 0.3 is 11.9 Å². The number of esters is 2. The minimum Gasteiger partial charge on any atom is -0.462 e. The molecule has 2 aromatic rings. The third kappa shape index (κ3) is 4.51. The van der Waals surface area contributed by atoms with Gasteiger partial charge in [0.1, 0.15) is 0 Å². The first-order valence-electron chi connectivity index (χ1n) is 9.01. The summed E-state index contributed by atoms with van der Waals surface area (Å²) in [6.07, 6.45) is 1.04. The van der Waals surface area contributed by atoms with Crippen molar-refractivity contribution in [1.82, 2.24) is 4.90 Å². The normalized spacial score (nSPS) is 13.9. The van der Waals surface area contributed by atoms with Gasteiger partial charge in [-0.25, -0.2) is 4.79 Å². The molecule has 3 rings (SSSR count). The van der Waals surface area contributed by atoms with Gasteiger partial charge in [-0.3, -0.25) is 9.69 Å². The maximum absolute atomic E-state index is 12.3. The summed E-state index contributed by atoms with van der Waals surface area (Å²) in [5.74, 6) is -0.429. The van der Waals surface area contributed by atoms with E-state index < -0.39 is 5.97 Å². The molecule has 1 aromatic heterocycles. The number of rotatable bonds is 6. The SMILES string of the molecule is CCOC(=O)c1sc2c(c1OC(=O)CC)CN(Cc1ccccc1Cl)CC2. The fourth-order valence-electron chi connectivity index (χ4n) is 3.05. The molecule has 27 heavy (non-hydrogen) atoms. The van der Waals surface area contributed by atoms with Gasteiger partial charge in [0, 0.05) is 41.5 Å². The van der Waals surface area contributed by atoms with Crippen molar-refractivity contribution in [3.63, 3.8) is 0 Å². The predicted molar refractivity (Wildman–Crippen MR) is 105 cm³/mol. The van der Waals surface area contributed by atoms with E-state index in [1.165, 1.54) is 11.3 Å². The van der Waals surface area contributed by atoms with Crippen molar-refractivity contribution in [2.75, 3.05) is 13.2 Å². The molecule has 2 heterocycles. The summed E-state index contributed by atoms with van der Waals surface area (Å²) in [6.45, 7) is 5.92. The molecule has 5 nitrogen and oxygen atoms in total. The lowest BCUT2D eigenvalue weighted by Gasteiger charge is -2.27. The van der Waals surface area contributed by atoms with Crippen molar-refractivity contribution in [3.8, 4) is 5.75 Å². The summed E-state index contributed by atoms with van der Waals surface area (Å²) < 4.78 is 10.7. The smallest absolute Gasteiger partial charge is 0.352 e. The van der Waals surface area contributed by atoms with E-state index in [2.05, 4.69) is 4.90 Å². The average molecular weight is 408 g/mol. The van der Waals surface area contributed by atoms with Gasteiger partial charge in [0.25, 0.3) is 0 Å². The Kier molecular flexibility index (Phi) is 6.52. The Morgan fingerprint density at radius 2 is 2.04 bits per heavy atom. The van der Waals surface area contributed by atoms with E-state index in [0.717, 1.165) is 34.0 Å². The highest BCUT2D eigenvalue weighted by Crippen LogP contribution is 2.40. The molecule has 0 aliphatic carbocycles. The third-order valence-electron chi connectivity index (χ3n) is 4.40. The Balaban J connectivity index is 1.88. The van der Waals surface area contributed by atoms with Crippen LogP contribution < -0.4 is 4.74 Å². The summed E-state index contributed by atoms with van der Waals surface area (Å²) in [5.41, 5.74) is 1.96. The van der Waals surface area contributed by atoms with Crippen molar-refractivity contribution >= 4 is 34.9 Å². The number of carbonyl (C=O) groups excluding carboxylic acids is 2. The summed E-state index contributed by atoms with van der Waals surface area (Å²) in [5, 5.41) is 0.735. The van der Waals surface area contributed by atoms with E-state index in [1.54, 1.807) is 13.8 Å². The maximum Gasteiger partial charge on any atom is 0.352 e. The van der Waals surface area contributed by atoms with E-state index in [1.807, 2.05) is 24.3 Å². The number of fused-ring (bicyclic) bond motifs is 1. The lowest BCUT2D eigenvalue weighted by Crippen LogP contribution is -2.29. The number of benzene rings is 1. The molecule has 0 atom stereocenters. The number of ether oxygens (including phenoxy) is 2. The molecule has 0 spiro atoms. The molecule has 0 amide bonds. The van der Waals surface area contributed by atoms with Gasteiger partial charge in [-0.15, -0.1) is 11.3 Å². The van der Waals surface area contributed by atoms with Crippen LogP contribution >= 0.6 is 22.9 Å². The molecule has 0 bridgehead atoms. The van der Waals surface area contributed by atoms with Crippen LogP contribution in [0.2, 0.25) is 5.02 Å². The van der Waals surface area contributed by atoms with Crippen LogP contribution in [0, 0.1) is 0 Å². The summed E-state index contributed by atoms with van der Waals surface area (Å²) in [4.78, 5) is 27.9. The van der Waals surface area contributed by atoms with Crippen LogP contribution in [-0.2, 0) is 29.0 Å². The van der Waals surface area contributed by atoms with Crippen LogP contribution in [0.4, 0.5) is 0 Å². The first kappa shape index (κ1) is 19.9. The van der Waals surface area contributed by atoms with Crippen LogP contribution in [0.3, 0.4) is 0 Å². The highest BCUT2D eigenvalue weighted by Gasteiger charge is 2.30. The van der Waals surface area contributed by atoms with Crippen molar-refractivity contribution < 1.29 is 19.1 Å². The number of thiophene rings is 1. The largest absolute Gasteiger partial charge is 0.462 e. The Morgan fingerprint density at radius 1 is 1.26 bits per heavy atom. The van der Waals surface area contributed by atoms with Gasteiger partial charge < -0.3 is 9.47 Å². The van der Waals surface area contributed by atoms with E-state index in [0.29, 0.717) is 23.7 Å². The Labute approximate surface area is 167 Å². The molecular formula is C20H22ClNO4S. The molecular weight excluding hydrogens is 386 g/mol. The van der Waals surface area contributed by atoms with Crippen LogP contribution in [-0.4, -0.2) is 30.0 Å². The van der Waals surface area contributed by atoms with Crippen molar-refractivity contribution in [2.45, 2.75) is 39.8 Å². The monoisotopic (exact) mass is 407 g/mol. The van der Waals surface area contributed by atoms with Crippen LogP contribution in [0.5, 0.6) is 5.75 Å². The average Bonchev–Trinajstić information content (AvgIpc) is 3.01. The van der Waals surface area contributed by atoms with Crippen molar-refractivity contribution in [2.24, 2.45) is 0 Å². The lowest BCUT2D eigenvalue weighted by atomic mass is 10.1. The number of hydrogen-bond acceptors (Lipinski definition) is 6. The summed E-state index contributed by atoms with van der Waals surface area (Å²) in [7, 11) is 0. The summed E-state index contributed by atoms with van der Waals surface area (Å²) >= 11 is 7.66. The van der Waals surface area contributed by atoms with E-state index >= 15 is 0 Å². The van der Waals surface area contributed by atoms with E-state index in [-0.39, 0.29) is 19.0 Å². The summed E-state index contributed by atoms with van der Waals surface area (Å²) in [6, 6.07) is 7.76. The lowest BCUT2D eigenvalue weighted by molar-refractivity contribution is -0.134. The topological polar surface area (TPSA) is 55.8 Å². The highest BCUT2D eigenvalue weighted by atomic mass is 35.5. The quantitative estimate of drug-likeness (QED) is 0.662. The zero-order valence-corrected chi connectivity index (χ0v) is 17.0. The van der Waals surface area contributed by atoms with Gasteiger partial charge in [0.15, 0.2) is 10.6 Å². The van der Waals surface area contributed by atoms with Gasteiger partial charge in [0.2, 0.25) is 0 Å². The van der Waals surface area contributed by atoms with Gasteiger partial charge in [0.05, 0.1) is 6.61 Å². The van der Waals surface area contributed by atoms with Crippen molar-refractivity contribution in [1.29, 1.82) is 0 Å². The number of carbonyl (C=O) groups is 2. The minimum atomic E-state index is -0.437. The number of halogens is 1. The molecule has 0 saturated heterocycles. The molecule has 0 N–H and O–H groups in total. The first-order valence-corrected chi connectivity index (χ1v) is 10.2. The second-order valence-electron chi connectivity index (χ2n) is 6.26. The molecule has 0 unspecified atom stereocenters. The Hall–Kier alpha value is -1.89. The van der Waals surface area contributed by atoms with E-state index in [9.17, 15) is 9.59 Å². The molecule has 0 radical (unpaired) electrons. The molecule has 0 saturated carbocycles. The first-order chi connectivity index (χ1) is 13.0. The standard InChI is InChI=1S/C20H22ClNO4S/c1-3-17(23)26-18-14-12-22(11-13-7-5-6-8-15(13)21)10-9-16(14)27-19(18)20(24)25-4-2/h5-8H,3-4,9-12H2,1-2H3. The predicted octanol–water partition coefficient (Wildman–Crippen LogP) is 4.45. The zero-order chi connectivity index (χ0) is 19.4. The fourth-order valence-corrected chi connectivity index (χ4v) is 4.36. The van der Waals surface area contributed by atoms with Gasteiger partial charge in [-0.05, 0) is 25.0 Å². The highest BCUT2D eigenvalue weighted by molar-refractivity contribution is 7.14. The van der Waals surface area contributed by atoms with E-state index in [4.69, 9.17) is 21.1 Å². The van der Waals surface area contributed by atoms with Crippen LogP contribution in [0.1, 0.15) is 45.9 Å². The number of hydrogen-bond donors (Lipinski definition) is 0. The molecule has 1 aliphatic rings. The second kappa shape index (κ2) is 8.87. The Morgan fingerprint density at radius 3 is 2.74 bits per heavy atom. The molecule has 144 valence electrons. The van der Waals surface area contributed by atoms with Crippen LogP contribution in [0.15, 0.2) is 24.3 Å². The fraction of sp³-hybridized carbons (Fsp3) is 0.400. The van der Waals surface area contributed by atoms with Crippen molar-refractivity contribution in [3.05, 3.63) is 50.2 Å². The zero-order valence-electron chi connectivity index (χ0n) is 15.4. The van der Waals surface area contributed by atoms with Crippen LogP contribution in [0.25, 0.3) is 0 Å². The molecule has 0 fully saturated rings. The minimum absolute atomic E-state index is 0.246. The maximum atomic E-state index is 12.3. The number of nitrogens with zero attached hydrogens (tertiary/aromatic N) is 1. The molecule has 7 heteroatoms. The molecule has 1 aliphatic heterocycles. The third-order valence-corrected chi connectivity index (χ3v) is 6.02. The van der Waals surface area contributed by atoms with Gasteiger partial charge in [-0.1, -0.05) is 36.7 Å². The second-order valence-corrected chi connectivity index (χ2v) is 7.77. The molecule has 1 aromatic carbocycles.